The highest BCUT2D eigenvalue weighted by Crippen LogP contribution is 2.34. The number of benzene rings is 3. The van der Waals surface area contributed by atoms with Crippen molar-refractivity contribution in [1.82, 2.24) is 0 Å². The molecule has 10 nitrogen and oxygen atoms in total. The van der Waals surface area contributed by atoms with Crippen molar-refractivity contribution in [2.75, 3.05) is 6.61 Å². The van der Waals surface area contributed by atoms with Crippen LogP contribution in [0.5, 0.6) is 11.5 Å². The minimum Gasteiger partial charge on any atom is -0.490 e. The molecule has 0 fully saturated rings. The summed E-state index contributed by atoms with van der Waals surface area (Å²) < 4.78 is 12.4. The standard InChI is InChI=1S/C23H20IN3O7/c1-2-32-22-12-18(13-25-34-15-17-4-3-5-20(10-17)27(30)31)11-21(24)23(22)33-14-16-6-8-19(9-7-16)26(28)29/h3-13H,2,14-15H2,1H3/b25-13-. The molecule has 0 saturated carbocycles. The Morgan fingerprint density at radius 2 is 1.65 bits per heavy atom. The third kappa shape index (κ3) is 6.88. The fourth-order valence-corrected chi connectivity index (χ4v) is 3.69. The summed E-state index contributed by atoms with van der Waals surface area (Å²) >= 11 is 2.13. The normalized spacial score (nSPS) is 10.8. The molecule has 0 aliphatic carbocycles. The third-order valence-corrected chi connectivity index (χ3v) is 5.29. The second-order valence-electron chi connectivity index (χ2n) is 6.91. The van der Waals surface area contributed by atoms with Gasteiger partial charge in [0.15, 0.2) is 11.5 Å². The van der Waals surface area contributed by atoms with E-state index in [1.807, 2.05) is 13.0 Å². The van der Waals surface area contributed by atoms with Gasteiger partial charge < -0.3 is 14.3 Å². The quantitative estimate of drug-likeness (QED) is 0.125. The van der Waals surface area contributed by atoms with Crippen molar-refractivity contribution in [3.8, 4) is 11.5 Å². The van der Waals surface area contributed by atoms with Crippen LogP contribution in [0.2, 0.25) is 0 Å². The van der Waals surface area contributed by atoms with Gasteiger partial charge in [-0.25, -0.2) is 0 Å². The maximum atomic E-state index is 10.9. The SMILES string of the molecule is CCOc1cc(/C=N\OCc2cccc([N+](=O)[O-])c2)cc(I)c1OCc1ccc([N+](=O)[O-])cc1. The molecule has 3 aromatic carbocycles. The summed E-state index contributed by atoms with van der Waals surface area (Å²) in [5, 5.41) is 25.6. The van der Waals surface area contributed by atoms with E-state index < -0.39 is 9.85 Å². The minimum atomic E-state index is -0.463. The lowest BCUT2D eigenvalue weighted by Crippen LogP contribution is -2.03. The van der Waals surface area contributed by atoms with Crippen LogP contribution in [0.3, 0.4) is 0 Å². The van der Waals surface area contributed by atoms with Crippen LogP contribution < -0.4 is 9.47 Å². The van der Waals surface area contributed by atoms with Gasteiger partial charge in [0.2, 0.25) is 0 Å². The van der Waals surface area contributed by atoms with Gasteiger partial charge >= 0.3 is 0 Å². The number of nitro benzene ring substituents is 2. The van der Waals surface area contributed by atoms with Crippen molar-refractivity contribution in [2.45, 2.75) is 20.1 Å². The van der Waals surface area contributed by atoms with Crippen molar-refractivity contribution in [2.24, 2.45) is 5.16 Å². The Morgan fingerprint density at radius 1 is 0.912 bits per heavy atom. The number of oxime groups is 1. The van der Waals surface area contributed by atoms with Gasteiger partial charge in [0.1, 0.15) is 13.2 Å². The molecule has 0 spiro atoms. The smallest absolute Gasteiger partial charge is 0.269 e. The zero-order valence-electron chi connectivity index (χ0n) is 18.0. The van der Waals surface area contributed by atoms with Gasteiger partial charge in [0.05, 0.1) is 26.2 Å². The van der Waals surface area contributed by atoms with E-state index in [9.17, 15) is 20.2 Å². The number of ether oxygens (including phenoxy) is 2. The van der Waals surface area contributed by atoms with Crippen molar-refractivity contribution in [3.63, 3.8) is 0 Å². The van der Waals surface area contributed by atoms with Crippen LogP contribution in [-0.2, 0) is 18.1 Å². The molecule has 11 heteroatoms. The van der Waals surface area contributed by atoms with Crippen LogP contribution in [0.4, 0.5) is 11.4 Å². The maximum absolute atomic E-state index is 10.9. The average molecular weight is 577 g/mol. The average Bonchev–Trinajstić information content (AvgIpc) is 2.82. The van der Waals surface area contributed by atoms with Gasteiger partial charge in [-0.05, 0) is 64.9 Å². The largest absolute Gasteiger partial charge is 0.490 e. The summed E-state index contributed by atoms with van der Waals surface area (Å²) in [6, 6.07) is 15.9. The molecule has 0 amide bonds. The van der Waals surface area contributed by atoms with E-state index in [0.717, 1.165) is 14.7 Å². The molecular formula is C23H20IN3O7. The van der Waals surface area contributed by atoms with E-state index >= 15 is 0 Å². The Hall–Kier alpha value is -3.74. The third-order valence-electron chi connectivity index (χ3n) is 4.49. The lowest BCUT2D eigenvalue weighted by atomic mass is 10.2. The van der Waals surface area contributed by atoms with E-state index in [-0.39, 0.29) is 24.6 Å². The monoisotopic (exact) mass is 577 g/mol. The number of halogens is 1. The molecule has 0 aliphatic heterocycles. The first-order valence-corrected chi connectivity index (χ1v) is 11.2. The number of rotatable bonds is 11. The molecule has 0 N–H and O–H groups in total. The molecule has 0 unspecified atom stereocenters. The summed E-state index contributed by atoms with van der Waals surface area (Å²) in [7, 11) is 0. The zero-order valence-corrected chi connectivity index (χ0v) is 20.2. The van der Waals surface area contributed by atoms with E-state index in [1.54, 1.807) is 30.3 Å². The molecular weight excluding hydrogens is 557 g/mol. The molecule has 3 rings (SSSR count). The summed E-state index contributed by atoms with van der Waals surface area (Å²) in [6.45, 7) is 2.58. The molecule has 0 heterocycles. The molecule has 3 aromatic rings. The van der Waals surface area contributed by atoms with Crippen LogP contribution in [0.15, 0.2) is 65.8 Å². The number of non-ortho nitro benzene ring substituents is 2. The maximum Gasteiger partial charge on any atom is 0.269 e. The van der Waals surface area contributed by atoms with Gasteiger partial charge in [0, 0.05) is 29.8 Å². The molecule has 0 bridgehead atoms. The van der Waals surface area contributed by atoms with Crippen molar-refractivity contribution in [1.29, 1.82) is 0 Å². The van der Waals surface area contributed by atoms with E-state index in [1.165, 1.54) is 30.5 Å². The highest BCUT2D eigenvalue weighted by atomic mass is 127. The summed E-state index contributed by atoms with van der Waals surface area (Å²) in [5.41, 5.74) is 2.14. The first-order chi connectivity index (χ1) is 16.4. The van der Waals surface area contributed by atoms with Crippen molar-refractivity contribution in [3.05, 3.63) is 101 Å². The van der Waals surface area contributed by atoms with Gasteiger partial charge in [-0.1, -0.05) is 17.3 Å². The van der Waals surface area contributed by atoms with E-state index in [0.29, 0.717) is 23.7 Å². The number of nitrogens with zero attached hydrogens (tertiary/aromatic N) is 3. The molecule has 0 radical (unpaired) electrons. The summed E-state index contributed by atoms with van der Waals surface area (Å²) in [6.07, 6.45) is 1.52. The Morgan fingerprint density at radius 3 is 2.32 bits per heavy atom. The number of hydrogen-bond donors (Lipinski definition) is 0. The molecule has 0 saturated heterocycles. The molecule has 0 aliphatic rings. The van der Waals surface area contributed by atoms with Crippen LogP contribution in [0.1, 0.15) is 23.6 Å². The second kappa shape index (κ2) is 11.9. The minimum absolute atomic E-state index is 0.00898. The first kappa shape index (κ1) is 24.9. The van der Waals surface area contributed by atoms with Gasteiger partial charge in [-0.3, -0.25) is 20.2 Å². The Labute approximate surface area is 208 Å². The summed E-state index contributed by atoms with van der Waals surface area (Å²) in [4.78, 5) is 26.0. The molecule has 0 atom stereocenters. The van der Waals surface area contributed by atoms with Gasteiger partial charge in [-0.2, -0.15) is 0 Å². The predicted molar refractivity (Wildman–Crippen MR) is 133 cm³/mol. The summed E-state index contributed by atoms with van der Waals surface area (Å²) in [5.74, 6) is 1.08. The topological polar surface area (TPSA) is 126 Å². The fourth-order valence-electron chi connectivity index (χ4n) is 2.90. The van der Waals surface area contributed by atoms with E-state index in [4.69, 9.17) is 14.3 Å². The van der Waals surface area contributed by atoms with Gasteiger partial charge in [-0.15, -0.1) is 0 Å². The molecule has 176 valence electrons. The highest BCUT2D eigenvalue weighted by Gasteiger charge is 2.13. The van der Waals surface area contributed by atoms with Gasteiger partial charge in [0.25, 0.3) is 11.4 Å². The fraction of sp³-hybridized carbons (Fsp3) is 0.174. The van der Waals surface area contributed by atoms with Crippen LogP contribution in [0, 0.1) is 23.8 Å². The highest BCUT2D eigenvalue weighted by molar-refractivity contribution is 14.1. The Balaban J connectivity index is 1.67. The number of hydrogen-bond acceptors (Lipinski definition) is 8. The van der Waals surface area contributed by atoms with Crippen LogP contribution in [0.25, 0.3) is 0 Å². The zero-order chi connectivity index (χ0) is 24.5. The predicted octanol–water partition coefficient (Wildman–Crippen LogP) is 5.64. The molecule has 0 aromatic heterocycles. The molecule has 34 heavy (non-hydrogen) atoms. The van der Waals surface area contributed by atoms with Crippen LogP contribution >= 0.6 is 22.6 Å². The van der Waals surface area contributed by atoms with Crippen molar-refractivity contribution >= 4 is 40.2 Å². The van der Waals surface area contributed by atoms with E-state index in [2.05, 4.69) is 27.7 Å². The first-order valence-electron chi connectivity index (χ1n) is 10.1. The lowest BCUT2D eigenvalue weighted by molar-refractivity contribution is -0.385. The Kier molecular flexibility index (Phi) is 8.73. The number of nitro groups is 2. The second-order valence-corrected chi connectivity index (χ2v) is 8.07. The van der Waals surface area contributed by atoms with Crippen molar-refractivity contribution < 1.29 is 24.2 Å². The van der Waals surface area contributed by atoms with Crippen LogP contribution in [-0.4, -0.2) is 22.7 Å². The lowest BCUT2D eigenvalue weighted by Gasteiger charge is -2.14. The Bertz CT molecular complexity index is 1200.